The Hall–Kier alpha value is -1.35. The first-order valence-corrected chi connectivity index (χ1v) is 8.17. The molecule has 2 unspecified atom stereocenters. The van der Waals surface area contributed by atoms with Gasteiger partial charge in [0.15, 0.2) is 0 Å². The zero-order valence-electron chi connectivity index (χ0n) is 13.3. The molecule has 0 fully saturated rings. The van der Waals surface area contributed by atoms with E-state index >= 15 is 0 Å². The van der Waals surface area contributed by atoms with E-state index in [1.807, 2.05) is 0 Å². The summed E-state index contributed by atoms with van der Waals surface area (Å²) in [6.45, 7) is 4.95. The maximum absolute atomic E-state index is 12.3. The predicted octanol–water partition coefficient (Wildman–Crippen LogP) is 3.19. The molecule has 3 nitrogen and oxygen atoms in total. The molecule has 0 bridgehead atoms. The summed E-state index contributed by atoms with van der Waals surface area (Å²) in [6, 6.07) is 8.64. The average Bonchev–Trinajstić information content (AvgIpc) is 2.46. The molecule has 3 N–H and O–H groups in total. The van der Waals surface area contributed by atoms with Crippen molar-refractivity contribution in [3.05, 3.63) is 35.4 Å². The lowest BCUT2D eigenvalue weighted by Gasteiger charge is -2.27. The van der Waals surface area contributed by atoms with E-state index in [-0.39, 0.29) is 11.9 Å². The third-order valence-corrected chi connectivity index (χ3v) is 4.32. The lowest BCUT2D eigenvalue weighted by atomic mass is 9.87. The average molecular weight is 288 g/mol. The second kappa shape index (κ2) is 7.60. The van der Waals surface area contributed by atoms with Gasteiger partial charge >= 0.3 is 0 Å². The smallest absolute Gasteiger partial charge is 0.220 e. The number of nitrogens with two attached hydrogens (primary N) is 1. The van der Waals surface area contributed by atoms with Gasteiger partial charge in [-0.2, -0.15) is 0 Å². The molecule has 0 saturated carbocycles. The molecule has 1 amide bonds. The van der Waals surface area contributed by atoms with Gasteiger partial charge in [0.1, 0.15) is 0 Å². The summed E-state index contributed by atoms with van der Waals surface area (Å²) in [5.74, 6) is 1.03. The quantitative estimate of drug-likeness (QED) is 0.844. The maximum atomic E-state index is 12.3. The number of hydrogen-bond acceptors (Lipinski definition) is 2. The monoisotopic (exact) mass is 288 g/mol. The molecule has 1 aromatic carbocycles. The Bertz CT molecular complexity index is 470. The summed E-state index contributed by atoms with van der Waals surface area (Å²) >= 11 is 0. The van der Waals surface area contributed by atoms with Gasteiger partial charge in [-0.3, -0.25) is 4.79 Å². The second-order valence-electron chi connectivity index (χ2n) is 6.65. The minimum absolute atomic E-state index is 0.146. The van der Waals surface area contributed by atoms with Crippen LogP contribution in [0, 0.1) is 11.8 Å². The highest BCUT2D eigenvalue weighted by molar-refractivity contribution is 5.76. The Balaban J connectivity index is 1.94. The Labute approximate surface area is 128 Å². The minimum Gasteiger partial charge on any atom is -0.349 e. The molecule has 0 heterocycles. The Morgan fingerprint density at radius 2 is 2.14 bits per heavy atom. The van der Waals surface area contributed by atoms with Crippen molar-refractivity contribution in [1.29, 1.82) is 0 Å². The molecule has 1 aromatic rings. The van der Waals surface area contributed by atoms with Crippen molar-refractivity contribution in [2.45, 2.75) is 52.0 Å². The van der Waals surface area contributed by atoms with Gasteiger partial charge in [0.2, 0.25) is 5.91 Å². The van der Waals surface area contributed by atoms with Crippen molar-refractivity contribution in [3.8, 4) is 0 Å². The Kier molecular flexibility index (Phi) is 5.80. The summed E-state index contributed by atoms with van der Waals surface area (Å²) in [5, 5.41) is 3.22. The highest BCUT2D eigenvalue weighted by Crippen LogP contribution is 2.29. The molecule has 0 aliphatic heterocycles. The Morgan fingerprint density at radius 3 is 2.86 bits per heavy atom. The van der Waals surface area contributed by atoms with Crippen LogP contribution in [-0.4, -0.2) is 12.5 Å². The molecule has 2 rings (SSSR count). The maximum Gasteiger partial charge on any atom is 0.220 e. The predicted molar refractivity (Wildman–Crippen MR) is 86.9 cm³/mol. The van der Waals surface area contributed by atoms with Crippen LogP contribution in [0.1, 0.15) is 56.7 Å². The molecular weight excluding hydrogens is 260 g/mol. The van der Waals surface area contributed by atoms with E-state index in [0.717, 1.165) is 25.7 Å². The van der Waals surface area contributed by atoms with Gasteiger partial charge in [-0.05, 0) is 55.2 Å². The van der Waals surface area contributed by atoms with Gasteiger partial charge in [-0.1, -0.05) is 38.1 Å². The van der Waals surface area contributed by atoms with Gasteiger partial charge in [-0.25, -0.2) is 0 Å². The number of rotatable bonds is 6. The lowest BCUT2D eigenvalue weighted by Crippen LogP contribution is -2.33. The molecule has 2 atom stereocenters. The molecule has 21 heavy (non-hydrogen) atoms. The lowest BCUT2D eigenvalue weighted by molar-refractivity contribution is -0.122. The van der Waals surface area contributed by atoms with E-state index in [0.29, 0.717) is 24.8 Å². The standard InChI is InChI=1S/C18H28N2O/c1-13(2)10-14(12-19)11-18(21)20-17-9-5-7-15-6-3-4-8-16(15)17/h3-4,6,8,13-14,17H,5,7,9-12,19H2,1-2H3,(H,20,21). The van der Waals surface area contributed by atoms with Crippen LogP contribution in [-0.2, 0) is 11.2 Å². The Morgan fingerprint density at radius 1 is 1.38 bits per heavy atom. The molecule has 0 saturated heterocycles. The first-order chi connectivity index (χ1) is 10.1. The molecule has 0 spiro atoms. The number of fused-ring (bicyclic) bond motifs is 1. The highest BCUT2D eigenvalue weighted by atomic mass is 16.1. The fourth-order valence-electron chi connectivity index (χ4n) is 3.35. The van der Waals surface area contributed by atoms with Crippen LogP contribution in [0.4, 0.5) is 0 Å². The zero-order chi connectivity index (χ0) is 15.2. The van der Waals surface area contributed by atoms with Crippen LogP contribution in [0.2, 0.25) is 0 Å². The van der Waals surface area contributed by atoms with Crippen molar-refractivity contribution >= 4 is 5.91 Å². The van der Waals surface area contributed by atoms with E-state index in [1.165, 1.54) is 11.1 Å². The first-order valence-electron chi connectivity index (χ1n) is 8.17. The second-order valence-corrected chi connectivity index (χ2v) is 6.65. The van der Waals surface area contributed by atoms with Crippen molar-refractivity contribution < 1.29 is 4.79 Å². The molecule has 1 aliphatic carbocycles. The van der Waals surface area contributed by atoms with E-state index < -0.39 is 0 Å². The van der Waals surface area contributed by atoms with E-state index in [9.17, 15) is 4.79 Å². The molecular formula is C18H28N2O. The van der Waals surface area contributed by atoms with Gasteiger partial charge in [0.05, 0.1) is 6.04 Å². The number of amides is 1. The fraction of sp³-hybridized carbons (Fsp3) is 0.611. The van der Waals surface area contributed by atoms with Gasteiger partial charge < -0.3 is 11.1 Å². The van der Waals surface area contributed by atoms with Crippen LogP contribution < -0.4 is 11.1 Å². The molecule has 3 heteroatoms. The normalized spacial score (nSPS) is 19.1. The van der Waals surface area contributed by atoms with E-state index in [2.05, 4.69) is 43.4 Å². The van der Waals surface area contributed by atoms with Crippen molar-refractivity contribution in [2.24, 2.45) is 17.6 Å². The van der Waals surface area contributed by atoms with Crippen LogP contribution in [0.3, 0.4) is 0 Å². The highest BCUT2D eigenvalue weighted by Gasteiger charge is 2.22. The van der Waals surface area contributed by atoms with Gasteiger partial charge in [0.25, 0.3) is 0 Å². The van der Waals surface area contributed by atoms with E-state index in [4.69, 9.17) is 5.73 Å². The van der Waals surface area contributed by atoms with E-state index in [1.54, 1.807) is 0 Å². The fourth-order valence-corrected chi connectivity index (χ4v) is 3.35. The summed E-state index contributed by atoms with van der Waals surface area (Å²) in [4.78, 5) is 12.3. The van der Waals surface area contributed by atoms with Crippen LogP contribution in [0.25, 0.3) is 0 Å². The number of carbonyl (C=O) groups is 1. The summed E-state index contributed by atoms with van der Waals surface area (Å²) in [7, 11) is 0. The molecule has 1 aliphatic rings. The summed E-state index contributed by atoms with van der Waals surface area (Å²) < 4.78 is 0. The van der Waals surface area contributed by atoms with Gasteiger partial charge in [-0.15, -0.1) is 0 Å². The third kappa shape index (κ3) is 4.57. The topological polar surface area (TPSA) is 55.1 Å². The van der Waals surface area contributed by atoms with Crippen LogP contribution in [0.15, 0.2) is 24.3 Å². The number of nitrogens with one attached hydrogen (secondary N) is 1. The zero-order valence-corrected chi connectivity index (χ0v) is 13.3. The number of hydrogen-bond donors (Lipinski definition) is 2. The van der Waals surface area contributed by atoms with Crippen molar-refractivity contribution in [3.63, 3.8) is 0 Å². The van der Waals surface area contributed by atoms with Crippen LogP contribution in [0.5, 0.6) is 0 Å². The number of aryl methyl sites for hydroxylation is 1. The van der Waals surface area contributed by atoms with Crippen molar-refractivity contribution in [2.75, 3.05) is 6.54 Å². The molecule has 116 valence electrons. The third-order valence-electron chi connectivity index (χ3n) is 4.32. The van der Waals surface area contributed by atoms with Crippen LogP contribution >= 0.6 is 0 Å². The van der Waals surface area contributed by atoms with Gasteiger partial charge in [0, 0.05) is 6.42 Å². The summed E-state index contributed by atoms with van der Waals surface area (Å²) in [6.07, 6.45) is 4.88. The minimum atomic E-state index is 0.146. The summed E-state index contributed by atoms with van der Waals surface area (Å²) in [5.41, 5.74) is 8.48. The SMILES string of the molecule is CC(C)CC(CN)CC(=O)NC1CCCc2ccccc21. The number of benzene rings is 1. The van der Waals surface area contributed by atoms with Crippen molar-refractivity contribution in [1.82, 2.24) is 5.32 Å². The molecule has 0 radical (unpaired) electrons. The largest absolute Gasteiger partial charge is 0.349 e. The first kappa shape index (κ1) is 16.0. The number of carbonyl (C=O) groups excluding carboxylic acids is 1. The molecule has 0 aromatic heterocycles.